The maximum atomic E-state index is 9.47. The molecular weight excluding hydrogens is 228 g/mol. The molecule has 0 aliphatic heterocycles. The van der Waals surface area contributed by atoms with Crippen molar-refractivity contribution in [1.82, 2.24) is 4.98 Å². The van der Waals surface area contributed by atoms with Gasteiger partial charge in [0.05, 0.1) is 11.9 Å². The van der Waals surface area contributed by atoms with Crippen LogP contribution in [0, 0.1) is 6.92 Å². The van der Waals surface area contributed by atoms with Crippen LogP contribution in [0.15, 0.2) is 36.5 Å². The average molecular weight is 244 g/mol. The van der Waals surface area contributed by atoms with Gasteiger partial charge in [-0.25, -0.2) is 0 Å². The summed E-state index contributed by atoms with van der Waals surface area (Å²) in [6, 6.07) is 9.57. The molecule has 0 radical (unpaired) electrons. The van der Waals surface area contributed by atoms with E-state index in [9.17, 15) is 5.11 Å². The molecule has 0 saturated carbocycles. The van der Waals surface area contributed by atoms with Crippen molar-refractivity contribution in [3.8, 4) is 11.5 Å². The topological polar surface area (TPSA) is 68.4 Å². The summed E-state index contributed by atoms with van der Waals surface area (Å²) in [7, 11) is 0. The molecule has 0 atom stereocenters. The van der Waals surface area contributed by atoms with Gasteiger partial charge in [0.2, 0.25) is 0 Å². The molecule has 0 aliphatic carbocycles. The molecule has 0 saturated heterocycles. The summed E-state index contributed by atoms with van der Waals surface area (Å²) in [5.74, 6) is 0.927. The number of hydrogen-bond acceptors (Lipinski definition) is 4. The molecule has 2 aromatic rings. The van der Waals surface area contributed by atoms with E-state index in [1.165, 1.54) is 6.20 Å². The van der Waals surface area contributed by atoms with Crippen LogP contribution in [0.5, 0.6) is 11.5 Å². The second kappa shape index (κ2) is 5.51. The Kier molecular flexibility index (Phi) is 3.79. The van der Waals surface area contributed by atoms with Crippen molar-refractivity contribution in [3.05, 3.63) is 53.3 Å². The summed E-state index contributed by atoms with van der Waals surface area (Å²) in [5, 5.41) is 9.47. The lowest BCUT2D eigenvalue weighted by Crippen LogP contribution is -2.02. The van der Waals surface area contributed by atoms with Crippen LogP contribution in [0.3, 0.4) is 0 Å². The van der Waals surface area contributed by atoms with Gasteiger partial charge in [-0.15, -0.1) is 0 Å². The van der Waals surface area contributed by atoms with E-state index in [4.69, 9.17) is 10.5 Å². The maximum absolute atomic E-state index is 9.47. The number of aromatic nitrogens is 1. The molecule has 2 rings (SSSR count). The highest BCUT2D eigenvalue weighted by Gasteiger charge is 2.03. The van der Waals surface area contributed by atoms with Crippen LogP contribution in [-0.4, -0.2) is 10.1 Å². The average Bonchev–Trinajstić information content (AvgIpc) is 2.38. The van der Waals surface area contributed by atoms with Crippen LogP contribution in [0.1, 0.15) is 16.8 Å². The van der Waals surface area contributed by atoms with E-state index in [-0.39, 0.29) is 12.3 Å². The van der Waals surface area contributed by atoms with Crippen molar-refractivity contribution in [2.75, 3.05) is 0 Å². The quantitative estimate of drug-likeness (QED) is 0.864. The molecule has 18 heavy (non-hydrogen) atoms. The molecule has 1 aromatic heterocycles. The fourth-order valence-corrected chi connectivity index (χ4v) is 1.64. The minimum Gasteiger partial charge on any atom is -0.506 e. The summed E-state index contributed by atoms with van der Waals surface area (Å²) in [6.45, 7) is 2.65. The van der Waals surface area contributed by atoms with Crippen LogP contribution in [0.4, 0.5) is 0 Å². The van der Waals surface area contributed by atoms with Crippen molar-refractivity contribution in [3.63, 3.8) is 0 Å². The normalized spacial score (nSPS) is 10.3. The Balaban J connectivity index is 2.06. The van der Waals surface area contributed by atoms with Gasteiger partial charge in [0.25, 0.3) is 0 Å². The molecule has 0 fully saturated rings. The third-order valence-electron chi connectivity index (χ3n) is 2.62. The summed E-state index contributed by atoms with van der Waals surface area (Å²) in [5.41, 5.74) is 8.08. The fraction of sp³-hybridized carbons (Fsp3) is 0.214. The van der Waals surface area contributed by atoms with Gasteiger partial charge >= 0.3 is 0 Å². The SMILES string of the molecule is Cc1cccc(OCc2cc(CN)c(O)cn2)c1. The highest BCUT2D eigenvalue weighted by molar-refractivity contribution is 5.31. The van der Waals surface area contributed by atoms with Gasteiger partial charge < -0.3 is 15.6 Å². The number of rotatable bonds is 4. The lowest BCUT2D eigenvalue weighted by molar-refractivity contribution is 0.300. The monoisotopic (exact) mass is 244 g/mol. The van der Waals surface area contributed by atoms with Gasteiger partial charge in [0.1, 0.15) is 18.1 Å². The lowest BCUT2D eigenvalue weighted by atomic mass is 10.2. The third-order valence-corrected chi connectivity index (χ3v) is 2.62. The molecular formula is C14H16N2O2. The predicted molar refractivity (Wildman–Crippen MR) is 69.3 cm³/mol. The zero-order valence-corrected chi connectivity index (χ0v) is 10.3. The third kappa shape index (κ3) is 2.99. The molecule has 3 N–H and O–H groups in total. The smallest absolute Gasteiger partial charge is 0.138 e. The second-order valence-electron chi connectivity index (χ2n) is 4.11. The van der Waals surface area contributed by atoms with Crippen LogP contribution in [-0.2, 0) is 13.2 Å². The fourth-order valence-electron chi connectivity index (χ4n) is 1.64. The van der Waals surface area contributed by atoms with E-state index >= 15 is 0 Å². The Morgan fingerprint density at radius 2 is 2.17 bits per heavy atom. The second-order valence-corrected chi connectivity index (χ2v) is 4.11. The number of nitrogens with two attached hydrogens (primary N) is 1. The van der Waals surface area contributed by atoms with E-state index in [0.29, 0.717) is 12.2 Å². The van der Waals surface area contributed by atoms with Crippen molar-refractivity contribution >= 4 is 0 Å². The van der Waals surface area contributed by atoms with Crippen molar-refractivity contribution < 1.29 is 9.84 Å². The van der Waals surface area contributed by atoms with Crippen molar-refractivity contribution in [1.29, 1.82) is 0 Å². The van der Waals surface area contributed by atoms with Gasteiger partial charge in [-0.3, -0.25) is 4.98 Å². The van der Waals surface area contributed by atoms with Gasteiger partial charge in [0.15, 0.2) is 0 Å². The van der Waals surface area contributed by atoms with Crippen LogP contribution >= 0.6 is 0 Å². The summed E-state index contributed by atoms with van der Waals surface area (Å²) in [6.07, 6.45) is 1.40. The molecule has 4 heteroatoms. The van der Waals surface area contributed by atoms with Crippen molar-refractivity contribution in [2.45, 2.75) is 20.1 Å². The summed E-state index contributed by atoms with van der Waals surface area (Å²) < 4.78 is 5.63. The minimum atomic E-state index is 0.122. The van der Waals surface area contributed by atoms with Gasteiger partial charge in [-0.1, -0.05) is 12.1 Å². The van der Waals surface area contributed by atoms with Crippen LogP contribution in [0.2, 0.25) is 0 Å². The largest absolute Gasteiger partial charge is 0.506 e. The molecule has 94 valence electrons. The molecule has 0 amide bonds. The van der Waals surface area contributed by atoms with Crippen LogP contribution < -0.4 is 10.5 Å². The van der Waals surface area contributed by atoms with E-state index in [1.54, 1.807) is 6.07 Å². The maximum Gasteiger partial charge on any atom is 0.138 e. The molecule has 4 nitrogen and oxygen atoms in total. The van der Waals surface area contributed by atoms with E-state index in [2.05, 4.69) is 4.98 Å². The molecule has 1 heterocycles. The lowest BCUT2D eigenvalue weighted by Gasteiger charge is -2.08. The Labute approximate surface area is 106 Å². The van der Waals surface area contributed by atoms with E-state index in [1.807, 2.05) is 31.2 Å². The molecule has 0 unspecified atom stereocenters. The van der Waals surface area contributed by atoms with Crippen molar-refractivity contribution in [2.24, 2.45) is 5.73 Å². The number of pyridine rings is 1. The summed E-state index contributed by atoms with van der Waals surface area (Å²) >= 11 is 0. The van der Waals surface area contributed by atoms with Gasteiger partial charge in [-0.2, -0.15) is 0 Å². The van der Waals surface area contributed by atoms with Gasteiger partial charge in [0, 0.05) is 12.1 Å². The highest BCUT2D eigenvalue weighted by atomic mass is 16.5. The standard InChI is InChI=1S/C14H16N2O2/c1-10-3-2-4-13(5-10)18-9-12-6-11(7-15)14(17)8-16-12/h2-6,8,17H,7,9,15H2,1H3. The van der Waals surface area contributed by atoms with Crippen LogP contribution in [0.25, 0.3) is 0 Å². The predicted octanol–water partition coefficient (Wildman–Crippen LogP) is 2.13. The van der Waals surface area contributed by atoms with E-state index in [0.717, 1.165) is 17.0 Å². The Bertz CT molecular complexity index is 541. The number of aryl methyl sites for hydroxylation is 1. The molecule has 0 spiro atoms. The highest BCUT2D eigenvalue weighted by Crippen LogP contribution is 2.17. The first-order chi connectivity index (χ1) is 8.69. The first-order valence-electron chi connectivity index (χ1n) is 5.75. The number of hydrogen-bond donors (Lipinski definition) is 2. The first-order valence-corrected chi connectivity index (χ1v) is 5.75. The van der Waals surface area contributed by atoms with Gasteiger partial charge in [-0.05, 0) is 30.7 Å². The zero-order chi connectivity index (χ0) is 13.0. The number of ether oxygens (including phenoxy) is 1. The number of nitrogens with zero attached hydrogens (tertiary/aromatic N) is 1. The Morgan fingerprint density at radius 1 is 1.33 bits per heavy atom. The van der Waals surface area contributed by atoms with E-state index < -0.39 is 0 Å². The molecule has 0 bridgehead atoms. The first kappa shape index (κ1) is 12.4. The molecule has 0 aliphatic rings. The summed E-state index contributed by atoms with van der Waals surface area (Å²) in [4.78, 5) is 4.09. The Morgan fingerprint density at radius 3 is 2.89 bits per heavy atom. The minimum absolute atomic E-state index is 0.122. The molecule has 1 aromatic carbocycles. The Hall–Kier alpha value is -2.07. The number of benzene rings is 1. The zero-order valence-electron chi connectivity index (χ0n) is 10.3. The number of aromatic hydroxyl groups is 1.